The summed E-state index contributed by atoms with van der Waals surface area (Å²) in [4.78, 5) is 19.6. The Labute approximate surface area is 190 Å². The van der Waals surface area contributed by atoms with E-state index < -0.39 is 0 Å². The molecule has 1 aliphatic rings. The number of rotatable bonds is 5. The largest absolute Gasteiger partial charge is 0.497 e. The smallest absolute Gasteiger partial charge is 0.282 e. The maximum absolute atomic E-state index is 13.4. The molecule has 0 spiro atoms. The molecule has 1 amide bonds. The van der Waals surface area contributed by atoms with Crippen molar-refractivity contribution in [1.29, 1.82) is 0 Å². The molecule has 0 unspecified atom stereocenters. The fourth-order valence-electron chi connectivity index (χ4n) is 3.22. The van der Waals surface area contributed by atoms with Crippen LogP contribution in [0.25, 0.3) is 6.08 Å². The zero-order chi connectivity index (χ0) is 22.0. The van der Waals surface area contributed by atoms with Crippen molar-refractivity contribution in [2.75, 3.05) is 19.1 Å². The highest BCUT2D eigenvalue weighted by Gasteiger charge is 2.32. The molecule has 0 bridgehead atoms. The Morgan fingerprint density at radius 2 is 1.52 bits per heavy atom. The van der Waals surface area contributed by atoms with Gasteiger partial charge in [-0.1, -0.05) is 23.2 Å². The fraction of sp³-hybridized carbons (Fsp3) is 0.0833. The van der Waals surface area contributed by atoms with Crippen LogP contribution >= 0.6 is 23.2 Å². The van der Waals surface area contributed by atoms with Crippen LogP contribution in [0.5, 0.6) is 11.5 Å². The van der Waals surface area contributed by atoms with Gasteiger partial charge in [-0.05, 0) is 66.7 Å². The zero-order valence-electron chi connectivity index (χ0n) is 16.8. The van der Waals surface area contributed by atoms with E-state index >= 15 is 0 Å². The van der Waals surface area contributed by atoms with Crippen molar-refractivity contribution >= 4 is 46.7 Å². The van der Waals surface area contributed by atoms with Gasteiger partial charge >= 0.3 is 0 Å². The molecule has 0 fully saturated rings. The summed E-state index contributed by atoms with van der Waals surface area (Å²) in [6.45, 7) is 0. The number of nitrogens with zero attached hydrogens (tertiary/aromatic N) is 2. The van der Waals surface area contributed by atoms with Gasteiger partial charge in [0.15, 0.2) is 0 Å². The highest BCUT2D eigenvalue weighted by Crippen LogP contribution is 2.32. The lowest BCUT2D eigenvalue weighted by Crippen LogP contribution is -2.32. The summed E-state index contributed by atoms with van der Waals surface area (Å²) in [5.74, 6) is 1.48. The van der Waals surface area contributed by atoms with Crippen LogP contribution in [0, 0.1) is 0 Å². The topological polar surface area (TPSA) is 51.1 Å². The molecule has 0 saturated carbocycles. The Kier molecular flexibility index (Phi) is 5.98. The Morgan fingerprint density at radius 1 is 0.871 bits per heavy atom. The highest BCUT2D eigenvalue weighted by atomic mass is 35.5. The molecule has 0 radical (unpaired) electrons. The van der Waals surface area contributed by atoms with Crippen molar-refractivity contribution in [3.05, 3.63) is 93.6 Å². The van der Waals surface area contributed by atoms with Gasteiger partial charge in [-0.2, -0.15) is 0 Å². The Balaban J connectivity index is 1.82. The van der Waals surface area contributed by atoms with Crippen molar-refractivity contribution in [3.8, 4) is 11.5 Å². The summed E-state index contributed by atoms with van der Waals surface area (Å²) in [6, 6.07) is 19.6. The number of carbonyl (C=O) groups is 1. The van der Waals surface area contributed by atoms with Gasteiger partial charge in [0, 0.05) is 27.2 Å². The minimum Gasteiger partial charge on any atom is -0.497 e. The molecule has 31 heavy (non-hydrogen) atoms. The van der Waals surface area contributed by atoms with Crippen LogP contribution in [0.1, 0.15) is 11.1 Å². The van der Waals surface area contributed by atoms with Crippen molar-refractivity contribution in [2.45, 2.75) is 0 Å². The Bertz CT molecular complexity index is 1190. The second kappa shape index (κ2) is 8.84. The quantitative estimate of drug-likeness (QED) is 0.456. The number of amides is 1. The van der Waals surface area contributed by atoms with Crippen LogP contribution in [0.2, 0.25) is 10.0 Å². The van der Waals surface area contributed by atoms with Crippen LogP contribution in [-0.4, -0.2) is 26.0 Å². The van der Waals surface area contributed by atoms with Crippen LogP contribution in [0.15, 0.2) is 77.4 Å². The first-order chi connectivity index (χ1) is 15.0. The van der Waals surface area contributed by atoms with Gasteiger partial charge < -0.3 is 9.47 Å². The predicted octanol–water partition coefficient (Wildman–Crippen LogP) is 5.85. The molecule has 7 heteroatoms. The first-order valence-corrected chi connectivity index (χ1v) is 10.1. The van der Waals surface area contributed by atoms with Crippen LogP contribution in [0.4, 0.5) is 5.69 Å². The number of halogens is 2. The number of carbonyl (C=O) groups excluding carboxylic acids is 1. The number of methoxy groups -OCH3 is 2. The average molecular weight is 453 g/mol. The Morgan fingerprint density at radius 3 is 2.13 bits per heavy atom. The summed E-state index contributed by atoms with van der Waals surface area (Å²) in [7, 11) is 3.15. The molecular formula is C24H18Cl2N2O3. The second-order valence-electron chi connectivity index (χ2n) is 6.70. The van der Waals surface area contributed by atoms with E-state index in [0.29, 0.717) is 38.6 Å². The van der Waals surface area contributed by atoms with E-state index in [1.807, 2.05) is 18.2 Å². The second-order valence-corrected chi connectivity index (χ2v) is 7.57. The van der Waals surface area contributed by atoms with E-state index in [1.54, 1.807) is 73.7 Å². The average Bonchev–Trinajstić information content (AvgIpc) is 3.11. The summed E-state index contributed by atoms with van der Waals surface area (Å²) in [5.41, 5.74) is 2.41. The third-order valence-electron chi connectivity index (χ3n) is 4.78. The van der Waals surface area contributed by atoms with E-state index in [-0.39, 0.29) is 11.6 Å². The molecule has 4 rings (SSSR count). The van der Waals surface area contributed by atoms with Gasteiger partial charge in [-0.3, -0.25) is 9.69 Å². The van der Waals surface area contributed by atoms with E-state index in [2.05, 4.69) is 4.99 Å². The molecule has 3 aromatic rings. The molecule has 1 heterocycles. The molecule has 3 aromatic carbocycles. The van der Waals surface area contributed by atoms with Gasteiger partial charge in [0.05, 0.1) is 19.9 Å². The highest BCUT2D eigenvalue weighted by molar-refractivity contribution is 6.34. The van der Waals surface area contributed by atoms with E-state index in [9.17, 15) is 4.79 Å². The van der Waals surface area contributed by atoms with E-state index in [1.165, 1.54) is 0 Å². The normalized spacial score (nSPS) is 14.7. The lowest BCUT2D eigenvalue weighted by Gasteiger charge is -2.18. The molecular weight excluding hydrogens is 435 g/mol. The number of anilines is 1. The molecule has 0 aliphatic carbocycles. The fourth-order valence-corrected chi connectivity index (χ4v) is 3.48. The standard InChI is InChI=1S/C24H18Cl2N2O3/c1-30-20-12-5-16(22(14-20)31-2)13-21-24(29)28(19-10-8-18(26)9-11-19)23(27-21)15-3-6-17(25)7-4-15/h3-14H,1-2H3/b21-13+. The number of aliphatic imine (C=N–C) groups is 1. The first kappa shape index (κ1) is 21.0. The van der Waals surface area contributed by atoms with E-state index in [0.717, 1.165) is 5.56 Å². The third-order valence-corrected chi connectivity index (χ3v) is 5.28. The van der Waals surface area contributed by atoms with Gasteiger partial charge in [0.25, 0.3) is 5.91 Å². The monoisotopic (exact) mass is 452 g/mol. The van der Waals surface area contributed by atoms with E-state index in [4.69, 9.17) is 32.7 Å². The van der Waals surface area contributed by atoms with Crippen molar-refractivity contribution in [2.24, 2.45) is 4.99 Å². The third kappa shape index (κ3) is 4.29. The van der Waals surface area contributed by atoms with Crippen LogP contribution in [-0.2, 0) is 4.79 Å². The molecule has 0 saturated heterocycles. The number of hydrogen-bond donors (Lipinski definition) is 0. The molecule has 1 aliphatic heterocycles. The zero-order valence-corrected chi connectivity index (χ0v) is 18.3. The molecule has 0 atom stereocenters. The molecule has 0 N–H and O–H groups in total. The molecule has 156 valence electrons. The lowest BCUT2D eigenvalue weighted by molar-refractivity contribution is -0.113. The van der Waals surface area contributed by atoms with Crippen molar-refractivity contribution < 1.29 is 14.3 Å². The first-order valence-electron chi connectivity index (χ1n) is 9.38. The number of ether oxygens (including phenoxy) is 2. The summed E-state index contributed by atoms with van der Waals surface area (Å²) in [5, 5.41) is 1.18. The van der Waals surface area contributed by atoms with Crippen molar-refractivity contribution in [1.82, 2.24) is 0 Å². The van der Waals surface area contributed by atoms with Gasteiger partial charge in [0.2, 0.25) is 0 Å². The van der Waals surface area contributed by atoms with Crippen LogP contribution < -0.4 is 14.4 Å². The van der Waals surface area contributed by atoms with Gasteiger partial charge in [0.1, 0.15) is 23.0 Å². The number of hydrogen-bond acceptors (Lipinski definition) is 4. The van der Waals surface area contributed by atoms with Crippen LogP contribution in [0.3, 0.4) is 0 Å². The Hall–Kier alpha value is -3.28. The maximum atomic E-state index is 13.4. The molecule has 5 nitrogen and oxygen atoms in total. The predicted molar refractivity (Wildman–Crippen MR) is 124 cm³/mol. The SMILES string of the molecule is COc1ccc(/C=C2/N=C(c3ccc(Cl)cc3)N(c3ccc(Cl)cc3)C2=O)c(OC)c1. The number of amidine groups is 1. The minimum atomic E-state index is -0.259. The maximum Gasteiger partial charge on any atom is 0.282 e. The lowest BCUT2D eigenvalue weighted by atomic mass is 10.1. The summed E-state index contributed by atoms with van der Waals surface area (Å²) >= 11 is 12.1. The summed E-state index contributed by atoms with van der Waals surface area (Å²) in [6.07, 6.45) is 1.70. The van der Waals surface area contributed by atoms with Gasteiger partial charge in [-0.15, -0.1) is 0 Å². The summed E-state index contributed by atoms with van der Waals surface area (Å²) < 4.78 is 10.7. The number of benzene rings is 3. The minimum absolute atomic E-state index is 0.259. The van der Waals surface area contributed by atoms with Gasteiger partial charge in [-0.25, -0.2) is 4.99 Å². The van der Waals surface area contributed by atoms with Crippen molar-refractivity contribution in [3.63, 3.8) is 0 Å². The molecule has 0 aromatic heterocycles.